The molecule has 3 N–H and O–H groups in total. The molecule has 3 heterocycles. The first-order valence-electron chi connectivity index (χ1n) is 10.9. The highest BCUT2D eigenvalue weighted by molar-refractivity contribution is 7.15. The van der Waals surface area contributed by atoms with Gasteiger partial charge in [-0.15, -0.1) is 11.3 Å². The molecule has 0 amide bonds. The van der Waals surface area contributed by atoms with Gasteiger partial charge in [-0.3, -0.25) is 9.69 Å². The summed E-state index contributed by atoms with van der Waals surface area (Å²) in [5.41, 5.74) is -0.0182. The standard InChI is InChI=1S/C23H24F3N5O3S/c1-13-9-15(11-16(10-13)29-21-27-6-3-18(30-21)23(24,25)26)17-12-28-20(35-17)22(34)4-7-31(8-5-22)14(2)19(32)33/h3,6,9-12,14,34H,4-5,7-8H2,1-2H3,(H,32,33)(H,27,29,30). The number of likely N-dealkylation sites (tertiary alicyclic amines) is 1. The lowest BCUT2D eigenvalue weighted by molar-refractivity contribution is -0.144. The fraction of sp³-hybridized carbons (Fsp3) is 0.391. The lowest BCUT2D eigenvalue weighted by Gasteiger charge is -2.38. The number of hydrogen-bond acceptors (Lipinski definition) is 8. The topological polar surface area (TPSA) is 111 Å². The van der Waals surface area contributed by atoms with Crippen molar-refractivity contribution < 1.29 is 28.2 Å². The number of benzene rings is 1. The second-order valence-electron chi connectivity index (χ2n) is 8.59. The van der Waals surface area contributed by atoms with E-state index in [0.29, 0.717) is 36.6 Å². The second kappa shape index (κ2) is 9.51. The molecule has 0 bridgehead atoms. The van der Waals surface area contributed by atoms with Gasteiger partial charge in [-0.05, 0) is 56.0 Å². The monoisotopic (exact) mass is 507 g/mol. The number of anilines is 2. The fourth-order valence-electron chi connectivity index (χ4n) is 3.98. The van der Waals surface area contributed by atoms with Crippen molar-refractivity contribution in [2.24, 2.45) is 0 Å². The van der Waals surface area contributed by atoms with Crippen LogP contribution in [0.3, 0.4) is 0 Å². The summed E-state index contributed by atoms with van der Waals surface area (Å²) in [6, 6.07) is 5.63. The third-order valence-electron chi connectivity index (χ3n) is 6.00. The lowest BCUT2D eigenvalue weighted by Crippen LogP contribution is -2.48. The number of aromatic nitrogens is 3. The van der Waals surface area contributed by atoms with Crippen LogP contribution in [0, 0.1) is 6.92 Å². The van der Waals surface area contributed by atoms with E-state index < -0.39 is 29.5 Å². The minimum atomic E-state index is -4.57. The number of hydrogen-bond donors (Lipinski definition) is 3. The molecule has 1 aliphatic heterocycles. The summed E-state index contributed by atoms with van der Waals surface area (Å²) in [4.78, 5) is 25.7. The van der Waals surface area contributed by atoms with E-state index in [0.717, 1.165) is 28.3 Å². The van der Waals surface area contributed by atoms with Gasteiger partial charge in [-0.1, -0.05) is 6.07 Å². The molecule has 2 aromatic heterocycles. The normalized spacial score (nSPS) is 17.2. The molecule has 1 fully saturated rings. The van der Waals surface area contributed by atoms with Gasteiger partial charge in [0, 0.05) is 31.2 Å². The van der Waals surface area contributed by atoms with Gasteiger partial charge in [0.05, 0.1) is 4.88 Å². The number of carboxylic acid groups (broad SMARTS) is 1. The Labute approximate surface area is 203 Å². The molecule has 0 spiro atoms. The lowest BCUT2D eigenvalue weighted by atomic mass is 9.91. The quantitative estimate of drug-likeness (QED) is 0.450. The number of rotatable bonds is 6. The third kappa shape index (κ3) is 5.60. The fourth-order valence-corrected chi connectivity index (χ4v) is 5.03. The van der Waals surface area contributed by atoms with E-state index in [-0.39, 0.29) is 5.95 Å². The van der Waals surface area contributed by atoms with Gasteiger partial charge in [0.2, 0.25) is 5.95 Å². The maximum Gasteiger partial charge on any atom is 0.433 e. The zero-order valence-corrected chi connectivity index (χ0v) is 19.8. The number of aliphatic carboxylic acids is 1. The molecule has 1 saturated heterocycles. The zero-order valence-electron chi connectivity index (χ0n) is 19.0. The molecule has 35 heavy (non-hydrogen) atoms. The molecule has 3 aromatic rings. The summed E-state index contributed by atoms with van der Waals surface area (Å²) in [5, 5.41) is 23.8. The van der Waals surface area contributed by atoms with E-state index in [1.807, 2.05) is 17.9 Å². The van der Waals surface area contributed by atoms with Gasteiger partial charge in [0.15, 0.2) is 0 Å². The number of alkyl halides is 3. The van der Waals surface area contributed by atoms with Crippen molar-refractivity contribution in [3.05, 3.63) is 52.9 Å². The summed E-state index contributed by atoms with van der Waals surface area (Å²) in [5.74, 6) is -1.07. The van der Waals surface area contributed by atoms with Crippen LogP contribution in [0.5, 0.6) is 0 Å². The number of thiazole rings is 1. The summed E-state index contributed by atoms with van der Waals surface area (Å²) >= 11 is 1.33. The average Bonchev–Trinajstić information content (AvgIpc) is 3.30. The molecule has 4 rings (SSSR count). The molecule has 0 aliphatic carbocycles. The first-order chi connectivity index (χ1) is 16.4. The molecule has 1 aliphatic rings. The minimum absolute atomic E-state index is 0.168. The number of nitrogens with one attached hydrogen (secondary N) is 1. The van der Waals surface area contributed by atoms with Crippen LogP contribution in [0.25, 0.3) is 10.4 Å². The Bertz CT molecular complexity index is 1230. The number of halogens is 3. The van der Waals surface area contributed by atoms with E-state index in [1.54, 1.807) is 25.3 Å². The van der Waals surface area contributed by atoms with Crippen molar-refractivity contribution in [1.29, 1.82) is 0 Å². The molecule has 1 atom stereocenters. The van der Waals surface area contributed by atoms with E-state index >= 15 is 0 Å². The predicted octanol–water partition coefficient (Wildman–Crippen LogP) is 4.43. The molecule has 8 nitrogen and oxygen atoms in total. The summed E-state index contributed by atoms with van der Waals surface area (Å²) in [6.45, 7) is 4.36. The van der Waals surface area contributed by atoms with Crippen LogP contribution >= 0.6 is 11.3 Å². The summed E-state index contributed by atoms with van der Waals surface area (Å²) in [7, 11) is 0. The molecule has 186 valence electrons. The largest absolute Gasteiger partial charge is 0.480 e. The Hall–Kier alpha value is -3.09. The van der Waals surface area contributed by atoms with Crippen molar-refractivity contribution in [2.75, 3.05) is 18.4 Å². The Morgan fingerprint density at radius 3 is 2.60 bits per heavy atom. The Balaban J connectivity index is 1.53. The van der Waals surface area contributed by atoms with Crippen LogP contribution in [0.15, 0.2) is 36.7 Å². The highest BCUT2D eigenvalue weighted by Gasteiger charge is 2.39. The van der Waals surface area contributed by atoms with Crippen LogP contribution in [0.2, 0.25) is 0 Å². The maximum atomic E-state index is 13.0. The van der Waals surface area contributed by atoms with Crippen LogP contribution < -0.4 is 5.32 Å². The molecule has 0 radical (unpaired) electrons. The highest BCUT2D eigenvalue weighted by Crippen LogP contribution is 2.39. The minimum Gasteiger partial charge on any atom is -0.480 e. The number of aliphatic hydroxyl groups is 1. The number of piperidine rings is 1. The second-order valence-corrected chi connectivity index (χ2v) is 9.62. The first kappa shape index (κ1) is 25.0. The van der Waals surface area contributed by atoms with Crippen molar-refractivity contribution >= 4 is 28.9 Å². The Morgan fingerprint density at radius 1 is 1.23 bits per heavy atom. The van der Waals surface area contributed by atoms with Crippen LogP contribution in [0.4, 0.5) is 24.8 Å². The van der Waals surface area contributed by atoms with Gasteiger partial charge in [-0.25, -0.2) is 15.0 Å². The van der Waals surface area contributed by atoms with Gasteiger partial charge in [-0.2, -0.15) is 13.2 Å². The van der Waals surface area contributed by atoms with Crippen molar-refractivity contribution in [3.8, 4) is 10.4 Å². The third-order valence-corrected chi connectivity index (χ3v) is 7.24. The van der Waals surface area contributed by atoms with Crippen LogP contribution in [0.1, 0.15) is 36.0 Å². The highest BCUT2D eigenvalue weighted by atomic mass is 32.1. The van der Waals surface area contributed by atoms with E-state index in [2.05, 4.69) is 20.3 Å². The molecule has 12 heteroatoms. The van der Waals surface area contributed by atoms with Gasteiger partial charge in [0.25, 0.3) is 0 Å². The number of aryl methyl sites for hydroxylation is 1. The molecular weight excluding hydrogens is 483 g/mol. The van der Waals surface area contributed by atoms with Crippen molar-refractivity contribution in [1.82, 2.24) is 19.9 Å². The Morgan fingerprint density at radius 2 is 1.94 bits per heavy atom. The van der Waals surface area contributed by atoms with Crippen LogP contribution in [-0.4, -0.2) is 55.2 Å². The molecule has 0 saturated carbocycles. The van der Waals surface area contributed by atoms with Gasteiger partial charge in [0.1, 0.15) is 22.3 Å². The smallest absolute Gasteiger partial charge is 0.433 e. The van der Waals surface area contributed by atoms with Gasteiger partial charge >= 0.3 is 12.1 Å². The predicted molar refractivity (Wildman–Crippen MR) is 124 cm³/mol. The molecule has 1 aromatic carbocycles. The number of carboxylic acids is 1. The van der Waals surface area contributed by atoms with Crippen molar-refractivity contribution in [2.45, 2.75) is 44.5 Å². The van der Waals surface area contributed by atoms with Crippen molar-refractivity contribution in [3.63, 3.8) is 0 Å². The van der Waals surface area contributed by atoms with E-state index in [4.69, 9.17) is 0 Å². The molecule has 1 unspecified atom stereocenters. The van der Waals surface area contributed by atoms with Gasteiger partial charge < -0.3 is 15.5 Å². The maximum absolute atomic E-state index is 13.0. The zero-order chi connectivity index (χ0) is 25.4. The van der Waals surface area contributed by atoms with Crippen LogP contribution in [-0.2, 0) is 16.6 Å². The summed E-state index contributed by atoms with van der Waals surface area (Å²) in [6.07, 6.45) is -1.13. The summed E-state index contributed by atoms with van der Waals surface area (Å²) < 4.78 is 38.9. The SMILES string of the molecule is Cc1cc(Nc2nccc(C(F)(F)F)n2)cc(-c2cnc(C3(O)CCN(C(C)C(=O)O)CC3)s2)c1. The molecular formula is C23H24F3N5O3S. The first-order valence-corrected chi connectivity index (χ1v) is 11.7. The van der Waals surface area contributed by atoms with E-state index in [9.17, 15) is 28.2 Å². The number of carbonyl (C=O) groups is 1. The number of nitrogens with zero attached hydrogens (tertiary/aromatic N) is 4. The Kier molecular flexibility index (Phi) is 6.80. The van der Waals surface area contributed by atoms with E-state index in [1.165, 1.54) is 11.3 Å². The average molecular weight is 508 g/mol.